The van der Waals surface area contributed by atoms with Crippen LogP contribution in [0.5, 0.6) is 0 Å². The second-order valence-electron chi connectivity index (χ2n) is 2.95. The van der Waals surface area contributed by atoms with Crippen LogP contribution < -0.4 is 5.32 Å². The van der Waals surface area contributed by atoms with Gasteiger partial charge in [0.1, 0.15) is 0 Å². The summed E-state index contributed by atoms with van der Waals surface area (Å²) in [5.41, 5.74) is 1.10. The molecule has 0 saturated heterocycles. The van der Waals surface area contributed by atoms with Gasteiger partial charge < -0.3 is 14.9 Å². The predicted octanol–water partition coefficient (Wildman–Crippen LogP) is 0.970. The number of likely N-dealkylation sites (N-methyl/N-ethyl adjacent to an activating group) is 1. The molecule has 1 aromatic rings. The Labute approximate surface area is 113 Å². The number of nitrogens with one attached hydrogen (secondary N) is 1. The Morgan fingerprint density at radius 1 is 1.13 bits per heavy atom. The summed E-state index contributed by atoms with van der Waals surface area (Å²) in [6.45, 7) is 0. The van der Waals surface area contributed by atoms with E-state index in [-0.39, 0.29) is 50.0 Å². The number of Topliss-reactive ketones (excluding diaryl/α,β-unsaturated/α-hetero) is 2. The van der Waals surface area contributed by atoms with Crippen molar-refractivity contribution in [2.75, 3.05) is 7.05 Å². The number of benzene rings is 1. The molecular formula is C11H8NO2Y-. The van der Waals surface area contributed by atoms with Gasteiger partial charge in [0.05, 0.1) is 11.6 Å². The molecule has 1 N–H and O–H groups in total. The Kier molecular flexibility index (Phi) is 3.94. The Bertz CT molecular complexity index is 452. The number of ketones is 2. The van der Waals surface area contributed by atoms with Crippen molar-refractivity contribution < 1.29 is 42.3 Å². The third kappa shape index (κ3) is 2.08. The summed E-state index contributed by atoms with van der Waals surface area (Å²) in [7, 11) is 1.60. The molecule has 0 unspecified atom stereocenters. The first-order valence-electron chi connectivity index (χ1n) is 4.24. The van der Waals surface area contributed by atoms with E-state index in [1.165, 1.54) is 0 Å². The molecule has 0 heterocycles. The molecule has 73 valence electrons. The minimum absolute atomic E-state index is 0. The average molecular weight is 275 g/mol. The molecule has 0 bridgehead atoms. The largest absolute Gasteiger partial charge is 0.406 e. The van der Waals surface area contributed by atoms with Crippen LogP contribution in [0, 0.1) is 6.08 Å². The SMILES string of the molecule is CNC1=[C-]C(=O)c2ccccc2C1=O.[Y]. The van der Waals surface area contributed by atoms with Gasteiger partial charge in [-0.05, 0) is 5.70 Å². The van der Waals surface area contributed by atoms with Gasteiger partial charge in [-0.25, -0.2) is 0 Å². The number of hydrogen-bond acceptors (Lipinski definition) is 3. The van der Waals surface area contributed by atoms with Crippen LogP contribution in [-0.4, -0.2) is 18.6 Å². The maximum Gasteiger partial charge on any atom is 0.0943 e. The topological polar surface area (TPSA) is 46.2 Å². The summed E-state index contributed by atoms with van der Waals surface area (Å²) in [6.07, 6.45) is 2.49. The molecule has 0 fully saturated rings. The van der Waals surface area contributed by atoms with E-state index >= 15 is 0 Å². The van der Waals surface area contributed by atoms with E-state index in [2.05, 4.69) is 11.4 Å². The van der Waals surface area contributed by atoms with E-state index in [0.29, 0.717) is 11.1 Å². The van der Waals surface area contributed by atoms with Crippen LogP contribution in [0.1, 0.15) is 20.7 Å². The molecule has 1 aromatic carbocycles. The molecule has 15 heavy (non-hydrogen) atoms. The van der Waals surface area contributed by atoms with E-state index in [1.54, 1.807) is 31.3 Å². The number of carbonyl (C=O) groups is 2. The first kappa shape index (κ1) is 12.3. The smallest absolute Gasteiger partial charge is 0.0943 e. The molecule has 2 rings (SSSR count). The van der Waals surface area contributed by atoms with Gasteiger partial charge in [0.15, 0.2) is 0 Å². The van der Waals surface area contributed by atoms with E-state index < -0.39 is 0 Å². The fourth-order valence-electron chi connectivity index (χ4n) is 1.43. The predicted molar refractivity (Wildman–Crippen MR) is 50.9 cm³/mol. The second-order valence-corrected chi connectivity index (χ2v) is 2.95. The number of hydrogen-bond donors (Lipinski definition) is 1. The van der Waals surface area contributed by atoms with Crippen molar-refractivity contribution in [1.82, 2.24) is 5.32 Å². The van der Waals surface area contributed by atoms with Gasteiger partial charge in [0.25, 0.3) is 0 Å². The Balaban J connectivity index is 0.00000112. The van der Waals surface area contributed by atoms with Crippen LogP contribution in [0.3, 0.4) is 0 Å². The van der Waals surface area contributed by atoms with Crippen molar-refractivity contribution in [1.29, 1.82) is 0 Å². The molecule has 0 aliphatic heterocycles. The Morgan fingerprint density at radius 3 is 2.33 bits per heavy atom. The molecule has 0 saturated carbocycles. The van der Waals surface area contributed by atoms with Crippen molar-refractivity contribution in [2.45, 2.75) is 0 Å². The molecule has 1 radical (unpaired) electrons. The summed E-state index contributed by atoms with van der Waals surface area (Å²) in [5, 5.41) is 2.66. The van der Waals surface area contributed by atoms with Gasteiger partial charge in [-0.15, -0.1) is 12.1 Å². The zero-order chi connectivity index (χ0) is 10.1. The van der Waals surface area contributed by atoms with Gasteiger partial charge in [-0.2, -0.15) is 0 Å². The summed E-state index contributed by atoms with van der Waals surface area (Å²) < 4.78 is 0. The molecule has 0 atom stereocenters. The Morgan fingerprint density at radius 2 is 1.73 bits per heavy atom. The normalized spacial score (nSPS) is 13.8. The number of carbonyl (C=O) groups excluding carboxylic acids is 2. The summed E-state index contributed by atoms with van der Waals surface area (Å²) in [4.78, 5) is 23.2. The van der Waals surface area contributed by atoms with Crippen molar-refractivity contribution in [3.05, 3.63) is 47.2 Å². The number of allylic oxidation sites excluding steroid dienone is 2. The minimum atomic E-state index is -0.246. The van der Waals surface area contributed by atoms with E-state index in [0.717, 1.165) is 0 Å². The first-order valence-corrected chi connectivity index (χ1v) is 4.24. The van der Waals surface area contributed by atoms with Gasteiger partial charge >= 0.3 is 0 Å². The maximum atomic E-state index is 11.7. The van der Waals surface area contributed by atoms with Crippen molar-refractivity contribution in [2.24, 2.45) is 0 Å². The van der Waals surface area contributed by atoms with E-state index in [4.69, 9.17) is 0 Å². The summed E-state index contributed by atoms with van der Waals surface area (Å²) in [5.74, 6) is -0.424. The summed E-state index contributed by atoms with van der Waals surface area (Å²) >= 11 is 0. The molecule has 0 spiro atoms. The zero-order valence-corrected chi connectivity index (χ0v) is 11.0. The fraction of sp³-hybridized carbons (Fsp3) is 0.0909. The third-order valence-corrected chi connectivity index (χ3v) is 2.13. The summed E-state index contributed by atoms with van der Waals surface area (Å²) in [6, 6.07) is 6.75. The average Bonchev–Trinajstić information content (AvgIpc) is 2.23. The quantitative estimate of drug-likeness (QED) is 0.777. The molecule has 0 aromatic heterocycles. The first-order chi connectivity index (χ1) is 6.74. The molecule has 3 nitrogen and oxygen atoms in total. The van der Waals surface area contributed by atoms with Crippen molar-refractivity contribution >= 4 is 11.6 Å². The maximum absolute atomic E-state index is 11.7. The van der Waals surface area contributed by atoms with Crippen LogP contribution in [0.4, 0.5) is 0 Å². The third-order valence-electron chi connectivity index (χ3n) is 2.13. The van der Waals surface area contributed by atoms with Crippen LogP contribution in [-0.2, 0) is 32.7 Å². The van der Waals surface area contributed by atoms with Crippen molar-refractivity contribution in [3.63, 3.8) is 0 Å². The zero-order valence-electron chi connectivity index (χ0n) is 8.20. The van der Waals surface area contributed by atoms with Gasteiger partial charge in [-0.1, -0.05) is 29.3 Å². The number of fused-ring (bicyclic) bond motifs is 1. The molecule has 1 aliphatic carbocycles. The van der Waals surface area contributed by atoms with Gasteiger partial charge in [0, 0.05) is 39.8 Å². The van der Waals surface area contributed by atoms with Crippen LogP contribution in [0.15, 0.2) is 30.0 Å². The van der Waals surface area contributed by atoms with Crippen LogP contribution >= 0.6 is 0 Å². The molecule has 1 aliphatic rings. The van der Waals surface area contributed by atoms with E-state index in [1.807, 2.05) is 0 Å². The second kappa shape index (κ2) is 4.82. The standard InChI is InChI=1S/C11H8NO2.Y/c1-12-9-6-10(13)7-4-2-3-5-8(7)11(9)14;/h2-5,12H,1H3;/q-1;. The monoisotopic (exact) mass is 275 g/mol. The fourth-order valence-corrected chi connectivity index (χ4v) is 1.43. The molecule has 0 amide bonds. The minimum Gasteiger partial charge on any atom is -0.406 e. The van der Waals surface area contributed by atoms with Gasteiger partial charge in [0.2, 0.25) is 0 Å². The van der Waals surface area contributed by atoms with Gasteiger partial charge in [-0.3, -0.25) is 0 Å². The van der Waals surface area contributed by atoms with Crippen molar-refractivity contribution in [3.8, 4) is 0 Å². The van der Waals surface area contributed by atoms with Crippen LogP contribution in [0.25, 0.3) is 0 Å². The van der Waals surface area contributed by atoms with E-state index in [9.17, 15) is 9.59 Å². The van der Waals surface area contributed by atoms with Crippen LogP contribution in [0.2, 0.25) is 0 Å². The number of rotatable bonds is 1. The Hall–Kier alpha value is -0.796. The molecular weight excluding hydrogens is 267 g/mol. The molecule has 4 heteroatoms.